The van der Waals surface area contributed by atoms with Crippen LogP contribution in [0.15, 0.2) is 24.3 Å². The third kappa shape index (κ3) is 3.03. The van der Waals surface area contributed by atoms with Crippen LogP contribution in [0.4, 0.5) is 5.69 Å². The van der Waals surface area contributed by atoms with Crippen LogP contribution in [0.2, 0.25) is 0 Å². The normalized spacial score (nSPS) is 27.8. The number of benzene rings is 1. The first kappa shape index (κ1) is 20.0. The third-order valence-corrected chi connectivity index (χ3v) is 6.99. The molecule has 3 fully saturated rings. The Bertz CT molecular complexity index is 958. The zero-order chi connectivity index (χ0) is 21.8. The molecule has 164 valence electrons. The van der Waals surface area contributed by atoms with Crippen LogP contribution in [0.25, 0.3) is 0 Å². The fourth-order valence-electron chi connectivity index (χ4n) is 5.31. The number of piperidine rings is 1. The topological polar surface area (TPSA) is 87.2 Å². The Balaban J connectivity index is 1.45. The molecular weight excluding hydrogens is 398 g/mol. The average Bonchev–Trinajstić information content (AvgIpc) is 3.54. The SMILES string of the molecule is C[C@H]1CCCCN1C(=O)COC(=O)[C@]12CCC(=O)N1c1ccccc1C(=O)N2C1CC1. The van der Waals surface area contributed by atoms with Crippen molar-refractivity contribution < 1.29 is 23.9 Å². The number of para-hydroxylation sites is 1. The van der Waals surface area contributed by atoms with Crippen LogP contribution in [0.1, 0.15) is 62.2 Å². The zero-order valence-corrected chi connectivity index (χ0v) is 17.7. The number of ether oxygens (including phenoxy) is 1. The molecule has 0 N–H and O–H groups in total. The largest absolute Gasteiger partial charge is 0.452 e. The summed E-state index contributed by atoms with van der Waals surface area (Å²) in [4.78, 5) is 57.3. The van der Waals surface area contributed by atoms with Crippen LogP contribution in [0.5, 0.6) is 0 Å². The van der Waals surface area contributed by atoms with Gasteiger partial charge in [0.1, 0.15) is 0 Å². The second-order valence-electron chi connectivity index (χ2n) is 8.98. The minimum Gasteiger partial charge on any atom is -0.452 e. The number of hydrogen-bond donors (Lipinski definition) is 0. The Kier molecular flexibility index (Phi) is 4.75. The van der Waals surface area contributed by atoms with Crippen molar-refractivity contribution in [2.75, 3.05) is 18.1 Å². The Morgan fingerprint density at radius 3 is 2.65 bits per heavy atom. The highest BCUT2D eigenvalue weighted by Crippen LogP contribution is 2.49. The highest BCUT2D eigenvalue weighted by atomic mass is 16.5. The molecule has 3 aliphatic heterocycles. The van der Waals surface area contributed by atoms with Crippen LogP contribution in [-0.2, 0) is 19.1 Å². The van der Waals surface area contributed by atoms with E-state index in [1.807, 2.05) is 6.92 Å². The lowest BCUT2D eigenvalue weighted by molar-refractivity contribution is -0.163. The molecule has 1 aromatic carbocycles. The molecule has 3 heterocycles. The molecule has 4 aliphatic rings. The summed E-state index contributed by atoms with van der Waals surface area (Å²) in [6, 6.07) is 6.92. The molecule has 1 saturated carbocycles. The maximum Gasteiger partial charge on any atom is 0.354 e. The number of carbonyl (C=O) groups is 4. The monoisotopic (exact) mass is 425 g/mol. The van der Waals surface area contributed by atoms with E-state index in [9.17, 15) is 19.2 Å². The Morgan fingerprint density at radius 1 is 1.13 bits per heavy atom. The van der Waals surface area contributed by atoms with Crippen LogP contribution < -0.4 is 4.90 Å². The highest BCUT2D eigenvalue weighted by molar-refractivity contribution is 6.15. The first-order valence-electron chi connectivity index (χ1n) is 11.2. The smallest absolute Gasteiger partial charge is 0.354 e. The first-order chi connectivity index (χ1) is 14.9. The number of carbonyl (C=O) groups excluding carboxylic acids is 4. The molecule has 0 bridgehead atoms. The summed E-state index contributed by atoms with van der Waals surface area (Å²) in [5.41, 5.74) is -0.636. The van der Waals surface area contributed by atoms with Crippen LogP contribution in [0, 0.1) is 0 Å². The summed E-state index contributed by atoms with van der Waals surface area (Å²) in [6.45, 7) is 2.29. The van der Waals surface area contributed by atoms with Crippen LogP contribution in [0.3, 0.4) is 0 Å². The summed E-state index contributed by atoms with van der Waals surface area (Å²) < 4.78 is 5.55. The maximum absolute atomic E-state index is 13.5. The summed E-state index contributed by atoms with van der Waals surface area (Å²) in [7, 11) is 0. The molecule has 8 heteroatoms. The third-order valence-electron chi connectivity index (χ3n) is 6.99. The molecule has 8 nitrogen and oxygen atoms in total. The van der Waals surface area contributed by atoms with Gasteiger partial charge in [-0.2, -0.15) is 0 Å². The number of rotatable bonds is 4. The van der Waals surface area contributed by atoms with Gasteiger partial charge in [0.15, 0.2) is 6.61 Å². The molecule has 0 radical (unpaired) electrons. The van der Waals surface area contributed by atoms with Gasteiger partial charge in [0, 0.05) is 31.5 Å². The molecule has 0 spiro atoms. The van der Waals surface area contributed by atoms with Crippen molar-refractivity contribution in [2.24, 2.45) is 0 Å². The second kappa shape index (κ2) is 7.35. The van der Waals surface area contributed by atoms with Gasteiger partial charge in [0.25, 0.3) is 11.8 Å². The molecule has 0 aromatic heterocycles. The van der Waals surface area contributed by atoms with Crippen molar-refractivity contribution in [2.45, 2.75) is 69.6 Å². The van der Waals surface area contributed by atoms with E-state index < -0.39 is 11.6 Å². The van der Waals surface area contributed by atoms with E-state index in [0.717, 1.165) is 32.1 Å². The van der Waals surface area contributed by atoms with Crippen molar-refractivity contribution in [1.29, 1.82) is 0 Å². The van der Waals surface area contributed by atoms with E-state index >= 15 is 0 Å². The summed E-state index contributed by atoms with van der Waals surface area (Å²) in [6.07, 6.45) is 4.86. The lowest BCUT2D eigenvalue weighted by Gasteiger charge is -2.48. The van der Waals surface area contributed by atoms with Gasteiger partial charge in [-0.3, -0.25) is 19.3 Å². The van der Waals surface area contributed by atoms with E-state index in [0.29, 0.717) is 17.8 Å². The molecule has 2 atom stereocenters. The minimum absolute atomic E-state index is 0.0976. The number of amides is 3. The van der Waals surface area contributed by atoms with Gasteiger partial charge >= 0.3 is 5.97 Å². The maximum atomic E-state index is 13.5. The van der Waals surface area contributed by atoms with Crippen molar-refractivity contribution in [1.82, 2.24) is 9.80 Å². The van der Waals surface area contributed by atoms with E-state index in [2.05, 4.69) is 0 Å². The number of likely N-dealkylation sites (tertiary alicyclic amines) is 1. The van der Waals surface area contributed by atoms with Gasteiger partial charge in [-0.05, 0) is 51.2 Å². The standard InChI is InChI=1S/C23H27N3O5/c1-15-6-4-5-13-24(15)20(28)14-31-22(30)23-12-11-19(27)26(23)18-8-3-2-7-17(18)21(29)25(23)16-9-10-16/h2-3,7-8,15-16H,4-6,9-14H2,1H3/t15-,23-/m0/s1. The van der Waals surface area contributed by atoms with E-state index in [4.69, 9.17) is 4.74 Å². The zero-order valence-electron chi connectivity index (χ0n) is 17.7. The Labute approximate surface area is 181 Å². The number of hydrogen-bond acceptors (Lipinski definition) is 5. The van der Waals surface area contributed by atoms with Gasteiger partial charge in [-0.25, -0.2) is 4.79 Å². The molecule has 1 aliphatic carbocycles. The number of esters is 1. The van der Waals surface area contributed by atoms with Crippen LogP contribution >= 0.6 is 0 Å². The van der Waals surface area contributed by atoms with Gasteiger partial charge in [0.2, 0.25) is 11.6 Å². The second-order valence-corrected chi connectivity index (χ2v) is 8.98. The molecule has 3 amide bonds. The molecule has 1 aromatic rings. The van der Waals surface area contributed by atoms with Crippen molar-refractivity contribution in [3.05, 3.63) is 29.8 Å². The van der Waals surface area contributed by atoms with Crippen molar-refractivity contribution >= 4 is 29.4 Å². The van der Waals surface area contributed by atoms with E-state index in [-0.39, 0.29) is 49.3 Å². The van der Waals surface area contributed by atoms with E-state index in [1.54, 1.807) is 34.1 Å². The molecule has 2 saturated heterocycles. The van der Waals surface area contributed by atoms with E-state index in [1.165, 1.54) is 4.90 Å². The number of nitrogens with zero attached hydrogens (tertiary/aromatic N) is 3. The molecular formula is C23H27N3O5. The predicted molar refractivity (Wildman–Crippen MR) is 111 cm³/mol. The lowest BCUT2D eigenvalue weighted by atomic mass is 9.96. The Hall–Kier alpha value is -2.90. The van der Waals surface area contributed by atoms with Crippen molar-refractivity contribution in [3.63, 3.8) is 0 Å². The van der Waals surface area contributed by atoms with Gasteiger partial charge in [0.05, 0.1) is 11.3 Å². The Morgan fingerprint density at radius 2 is 1.90 bits per heavy atom. The van der Waals surface area contributed by atoms with Gasteiger partial charge in [-0.1, -0.05) is 12.1 Å². The average molecular weight is 425 g/mol. The fourth-order valence-corrected chi connectivity index (χ4v) is 5.31. The predicted octanol–water partition coefficient (Wildman–Crippen LogP) is 2.07. The first-order valence-corrected chi connectivity index (χ1v) is 11.2. The van der Waals surface area contributed by atoms with Crippen LogP contribution in [-0.4, -0.2) is 64.4 Å². The minimum atomic E-state index is -1.50. The molecule has 5 rings (SSSR count). The highest BCUT2D eigenvalue weighted by Gasteiger charge is 2.64. The van der Waals surface area contributed by atoms with Crippen molar-refractivity contribution in [3.8, 4) is 0 Å². The fraction of sp³-hybridized carbons (Fsp3) is 0.565. The lowest BCUT2D eigenvalue weighted by Crippen LogP contribution is -2.69. The number of fused-ring (bicyclic) bond motifs is 3. The summed E-state index contributed by atoms with van der Waals surface area (Å²) in [5.74, 6) is -1.38. The number of anilines is 1. The quantitative estimate of drug-likeness (QED) is 0.690. The molecule has 0 unspecified atom stereocenters. The summed E-state index contributed by atoms with van der Waals surface area (Å²) >= 11 is 0. The van der Waals surface area contributed by atoms with Gasteiger partial charge in [-0.15, -0.1) is 0 Å². The van der Waals surface area contributed by atoms with Gasteiger partial charge < -0.3 is 14.5 Å². The summed E-state index contributed by atoms with van der Waals surface area (Å²) in [5, 5.41) is 0. The molecule has 31 heavy (non-hydrogen) atoms.